The Balaban J connectivity index is 1.77. The molecule has 1 aliphatic rings. The zero-order chi connectivity index (χ0) is 25.7. The monoisotopic (exact) mass is 600 g/mol. The summed E-state index contributed by atoms with van der Waals surface area (Å²) in [6.45, 7) is 1.53. The highest BCUT2D eigenvalue weighted by molar-refractivity contribution is 14.1. The summed E-state index contributed by atoms with van der Waals surface area (Å²) in [5, 5.41) is 2.89. The second-order valence-corrected chi connectivity index (χ2v) is 10.3. The maximum absolute atomic E-state index is 14.6. The molecule has 0 saturated heterocycles. The number of carbonyl (C=O) groups excluding carboxylic acids is 1. The van der Waals surface area contributed by atoms with Crippen LogP contribution in [0.25, 0.3) is 16.6 Å². The zero-order valence-corrected chi connectivity index (χ0v) is 21.7. The Morgan fingerprint density at radius 1 is 1.17 bits per heavy atom. The number of halogens is 2. The van der Waals surface area contributed by atoms with Gasteiger partial charge in [-0.05, 0) is 78.6 Å². The molecule has 10 heteroatoms. The van der Waals surface area contributed by atoms with E-state index in [0.717, 1.165) is 12.8 Å². The summed E-state index contributed by atoms with van der Waals surface area (Å²) in [5.74, 6) is -0.143. The SMILES string of the molecule is Cc1c(=O)n(C)c(Nc2ccc(I)cc2F)c2c(=O)[nH]c(=O)n(-c3cccc(C(=O)CC4CC4)c3)c12. The molecule has 1 saturated carbocycles. The molecule has 1 fully saturated rings. The first-order chi connectivity index (χ1) is 17.2. The minimum Gasteiger partial charge on any atom is -0.338 e. The highest BCUT2D eigenvalue weighted by Crippen LogP contribution is 2.34. The lowest BCUT2D eigenvalue weighted by Gasteiger charge is -2.19. The average molecular weight is 600 g/mol. The van der Waals surface area contributed by atoms with Crippen LogP contribution in [0.5, 0.6) is 0 Å². The first kappa shape index (κ1) is 24.2. The van der Waals surface area contributed by atoms with Crippen molar-refractivity contribution in [3.63, 3.8) is 0 Å². The summed E-state index contributed by atoms with van der Waals surface area (Å²) in [5.41, 5.74) is -0.819. The molecule has 36 heavy (non-hydrogen) atoms. The number of carbonyl (C=O) groups is 1. The van der Waals surface area contributed by atoms with Crippen molar-refractivity contribution in [1.29, 1.82) is 0 Å². The van der Waals surface area contributed by atoms with Gasteiger partial charge < -0.3 is 5.32 Å². The van der Waals surface area contributed by atoms with Crippen LogP contribution in [0.2, 0.25) is 0 Å². The van der Waals surface area contributed by atoms with Gasteiger partial charge in [-0.1, -0.05) is 12.1 Å². The van der Waals surface area contributed by atoms with Gasteiger partial charge in [-0.2, -0.15) is 0 Å². The van der Waals surface area contributed by atoms with E-state index in [1.54, 1.807) is 30.3 Å². The molecule has 184 valence electrons. The normalized spacial score (nSPS) is 13.2. The number of nitrogens with zero attached hydrogens (tertiary/aromatic N) is 2. The maximum atomic E-state index is 14.6. The minimum absolute atomic E-state index is 0.0156. The highest BCUT2D eigenvalue weighted by atomic mass is 127. The Bertz CT molecular complexity index is 1730. The molecule has 2 N–H and O–H groups in total. The van der Waals surface area contributed by atoms with Crippen molar-refractivity contribution in [3.8, 4) is 5.69 Å². The number of Topliss-reactive ketones (excluding diaryl/α,β-unsaturated/α-hetero) is 1. The van der Waals surface area contributed by atoms with Crippen molar-refractivity contribution in [2.24, 2.45) is 13.0 Å². The van der Waals surface area contributed by atoms with E-state index in [1.807, 2.05) is 22.6 Å². The summed E-state index contributed by atoms with van der Waals surface area (Å²) >= 11 is 1.98. The van der Waals surface area contributed by atoms with Crippen LogP contribution in [0.1, 0.15) is 35.2 Å². The molecule has 4 aromatic rings. The van der Waals surface area contributed by atoms with E-state index < -0.39 is 22.6 Å². The van der Waals surface area contributed by atoms with Gasteiger partial charge in [0.1, 0.15) is 17.0 Å². The van der Waals surface area contributed by atoms with Crippen LogP contribution in [0.4, 0.5) is 15.9 Å². The fraction of sp³-hybridized carbons (Fsp3) is 0.231. The summed E-state index contributed by atoms with van der Waals surface area (Å²) < 4.78 is 17.8. The van der Waals surface area contributed by atoms with Gasteiger partial charge >= 0.3 is 5.69 Å². The van der Waals surface area contributed by atoms with Gasteiger partial charge in [0.15, 0.2) is 5.78 Å². The lowest BCUT2D eigenvalue weighted by atomic mass is 10.0. The van der Waals surface area contributed by atoms with Crippen LogP contribution in [0.3, 0.4) is 0 Å². The molecule has 0 atom stereocenters. The number of aromatic nitrogens is 3. The van der Waals surface area contributed by atoms with E-state index >= 15 is 0 Å². The van der Waals surface area contributed by atoms with Gasteiger partial charge in [0.25, 0.3) is 11.1 Å². The molecule has 2 heterocycles. The van der Waals surface area contributed by atoms with Crippen LogP contribution in [-0.4, -0.2) is 19.9 Å². The number of H-pyrrole nitrogens is 1. The predicted molar refractivity (Wildman–Crippen MR) is 144 cm³/mol. The van der Waals surface area contributed by atoms with E-state index in [0.29, 0.717) is 27.2 Å². The molecule has 0 amide bonds. The average Bonchev–Trinajstić information content (AvgIpc) is 3.65. The Morgan fingerprint density at radius 3 is 2.61 bits per heavy atom. The molecule has 0 unspecified atom stereocenters. The van der Waals surface area contributed by atoms with Gasteiger partial charge in [-0.15, -0.1) is 0 Å². The molecule has 0 aliphatic heterocycles. The number of nitrogens with one attached hydrogen (secondary N) is 2. The number of aryl methyl sites for hydroxylation is 1. The molecular weight excluding hydrogens is 578 g/mol. The van der Waals surface area contributed by atoms with Crippen molar-refractivity contribution in [2.75, 3.05) is 5.32 Å². The smallest absolute Gasteiger partial charge is 0.333 e. The molecule has 0 bridgehead atoms. The maximum Gasteiger partial charge on any atom is 0.333 e. The fourth-order valence-electron chi connectivity index (χ4n) is 4.36. The van der Waals surface area contributed by atoms with Crippen LogP contribution in [-0.2, 0) is 7.05 Å². The van der Waals surface area contributed by atoms with Gasteiger partial charge in [0.05, 0.1) is 16.9 Å². The predicted octanol–water partition coefficient (Wildman–Crippen LogP) is 4.16. The zero-order valence-electron chi connectivity index (χ0n) is 19.5. The van der Waals surface area contributed by atoms with Crippen molar-refractivity contribution < 1.29 is 9.18 Å². The largest absolute Gasteiger partial charge is 0.338 e. The summed E-state index contributed by atoms with van der Waals surface area (Å²) in [7, 11) is 1.47. The van der Waals surface area contributed by atoms with Crippen molar-refractivity contribution >= 4 is 50.8 Å². The molecule has 2 aromatic carbocycles. The van der Waals surface area contributed by atoms with Crippen LogP contribution >= 0.6 is 22.6 Å². The quantitative estimate of drug-likeness (QED) is 0.256. The van der Waals surface area contributed by atoms with E-state index in [4.69, 9.17) is 0 Å². The van der Waals surface area contributed by atoms with E-state index in [1.165, 1.54) is 35.2 Å². The topological polar surface area (TPSA) is 106 Å². The molecule has 5 rings (SSSR count). The van der Waals surface area contributed by atoms with E-state index in [-0.39, 0.29) is 33.8 Å². The highest BCUT2D eigenvalue weighted by Gasteiger charge is 2.26. The number of aromatic amines is 1. The third-order valence-corrected chi connectivity index (χ3v) is 7.12. The number of benzene rings is 2. The molecular formula is C26H22FIN4O4. The van der Waals surface area contributed by atoms with Gasteiger partial charge in [-0.25, -0.2) is 9.18 Å². The van der Waals surface area contributed by atoms with Gasteiger partial charge in [0.2, 0.25) is 0 Å². The fourth-order valence-corrected chi connectivity index (χ4v) is 4.82. The molecule has 2 aromatic heterocycles. The van der Waals surface area contributed by atoms with Crippen LogP contribution in [0, 0.1) is 22.2 Å². The number of anilines is 2. The van der Waals surface area contributed by atoms with Crippen LogP contribution < -0.4 is 22.1 Å². The summed E-state index contributed by atoms with van der Waals surface area (Å²) in [6.07, 6.45) is 2.52. The first-order valence-electron chi connectivity index (χ1n) is 11.4. The number of hydrogen-bond acceptors (Lipinski definition) is 5. The lowest BCUT2D eigenvalue weighted by molar-refractivity contribution is 0.0976. The molecule has 0 radical (unpaired) electrons. The standard InChI is InChI=1S/C26H22FIN4O4/c1-13-22-21(23(31(2)25(13)35)29-19-9-8-16(28)12-18(19)27)24(34)30-26(36)32(22)17-5-3-4-15(11-17)20(33)10-14-6-7-14/h3-5,8-9,11-12,14,29H,6-7,10H2,1-2H3,(H,30,34,36). The van der Waals surface area contributed by atoms with Crippen molar-refractivity contribution in [2.45, 2.75) is 26.2 Å². The molecule has 1 aliphatic carbocycles. The first-order valence-corrected chi connectivity index (χ1v) is 12.5. The Kier molecular flexibility index (Phi) is 6.15. The number of hydrogen-bond donors (Lipinski definition) is 2. The molecule has 8 nitrogen and oxygen atoms in total. The van der Waals surface area contributed by atoms with E-state index in [2.05, 4.69) is 10.3 Å². The molecule has 0 spiro atoms. The number of pyridine rings is 1. The van der Waals surface area contributed by atoms with E-state index in [9.17, 15) is 23.6 Å². The Labute approximate surface area is 217 Å². The Morgan fingerprint density at radius 2 is 1.92 bits per heavy atom. The Hall–Kier alpha value is -3.54. The minimum atomic E-state index is -0.748. The van der Waals surface area contributed by atoms with Gasteiger partial charge in [0, 0.05) is 28.2 Å². The van der Waals surface area contributed by atoms with Crippen molar-refractivity contribution in [3.05, 3.63) is 94.2 Å². The lowest BCUT2D eigenvalue weighted by Crippen LogP contribution is -2.34. The third-order valence-electron chi connectivity index (χ3n) is 6.45. The number of fused-ring (bicyclic) bond motifs is 1. The summed E-state index contributed by atoms with van der Waals surface area (Å²) in [4.78, 5) is 54.4. The van der Waals surface area contributed by atoms with Crippen molar-refractivity contribution in [1.82, 2.24) is 14.1 Å². The number of rotatable bonds is 6. The summed E-state index contributed by atoms with van der Waals surface area (Å²) in [6, 6.07) is 11.1. The second kappa shape index (κ2) is 9.16. The second-order valence-electron chi connectivity index (χ2n) is 9.03. The number of ketones is 1. The van der Waals surface area contributed by atoms with Gasteiger partial charge in [-0.3, -0.25) is 28.5 Å². The van der Waals surface area contributed by atoms with Crippen LogP contribution in [0.15, 0.2) is 56.8 Å². The third kappa shape index (κ3) is 4.29.